The Morgan fingerprint density at radius 1 is 0.688 bits per heavy atom. The first-order chi connectivity index (χ1) is 30.5. The van der Waals surface area contributed by atoms with Crippen molar-refractivity contribution in [3.8, 4) is 32.9 Å². The van der Waals surface area contributed by atoms with Crippen molar-refractivity contribution >= 4 is 65.4 Å². The number of morpholine rings is 2. The summed E-state index contributed by atoms with van der Waals surface area (Å²) in [6, 6.07) is 6.18. The topological polar surface area (TPSA) is 116 Å². The van der Waals surface area contributed by atoms with Gasteiger partial charge in [-0.3, -0.25) is 9.80 Å². The highest BCUT2D eigenvalue weighted by atomic mass is 35.5. The summed E-state index contributed by atoms with van der Waals surface area (Å²) < 4.78 is 24.2. The number of aromatic amines is 1. The fourth-order valence-electron chi connectivity index (χ4n) is 10.2. The van der Waals surface area contributed by atoms with Crippen molar-refractivity contribution in [2.75, 3.05) is 66.8 Å². The molecule has 4 fully saturated rings. The second-order valence-electron chi connectivity index (χ2n) is 19.4. The zero-order chi connectivity index (χ0) is 43.7. The second-order valence-corrected chi connectivity index (χ2v) is 26.2. The fraction of sp³-hybridized carbons (Fsp3) is 0.583. The molecule has 0 bridgehead atoms. The lowest BCUT2D eigenvalue weighted by molar-refractivity contribution is 0.00727. The minimum Gasteiger partial charge on any atom is -0.473 e. The summed E-state index contributed by atoms with van der Waals surface area (Å²) in [6.07, 6.45) is 18.6. The van der Waals surface area contributed by atoms with Crippen molar-refractivity contribution in [3.63, 3.8) is 0 Å². The third-order valence-corrected chi connectivity index (χ3v) is 21.8. The molecule has 0 unspecified atom stereocenters. The van der Waals surface area contributed by atoms with E-state index in [0.717, 1.165) is 92.3 Å². The van der Waals surface area contributed by atoms with Gasteiger partial charge in [-0.15, -0.1) is 12.4 Å². The Morgan fingerprint density at radius 2 is 1.17 bits per heavy atom. The van der Waals surface area contributed by atoms with Gasteiger partial charge in [-0.05, 0) is 91.5 Å². The van der Waals surface area contributed by atoms with E-state index in [9.17, 15) is 0 Å². The summed E-state index contributed by atoms with van der Waals surface area (Å²) in [4.78, 5) is 27.7. The lowest BCUT2D eigenvalue weighted by atomic mass is 9.81. The van der Waals surface area contributed by atoms with Crippen LogP contribution in [0.4, 0.5) is 0 Å². The number of rotatable bonds is 9. The van der Waals surface area contributed by atoms with Crippen molar-refractivity contribution in [2.45, 2.75) is 114 Å². The molecule has 0 aromatic carbocycles. The number of fused-ring (bicyclic) bond motifs is 2. The molecule has 0 amide bonds. The predicted octanol–water partition coefficient (Wildman–Crippen LogP) is 10.9. The summed E-state index contributed by atoms with van der Waals surface area (Å²) in [7, 11) is 1.48. The van der Waals surface area contributed by atoms with Crippen LogP contribution < -0.4 is 9.47 Å². The molecule has 64 heavy (non-hydrogen) atoms. The Labute approximate surface area is 394 Å². The van der Waals surface area contributed by atoms with Crippen LogP contribution in [-0.4, -0.2) is 126 Å². The molecule has 10 rings (SSSR count). The van der Waals surface area contributed by atoms with Crippen molar-refractivity contribution in [2.24, 2.45) is 0 Å². The molecule has 2 saturated heterocycles. The van der Waals surface area contributed by atoms with E-state index in [4.69, 9.17) is 33.9 Å². The average Bonchev–Trinajstić information content (AvgIpc) is 4.15. The number of halogens is 1. The van der Waals surface area contributed by atoms with Crippen LogP contribution >= 0.6 is 35.1 Å². The molecule has 1 N–H and O–H groups in total. The second kappa shape index (κ2) is 20.2. The van der Waals surface area contributed by atoms with Gasteiger partial charge in [0.25, 0.3) is 10.4 Å². The van der Waals surface area contributed by atoms with Crippen LogP contribution in [0.15, 0.2) is 47.7 Å². The van der Waals surface area contributed by atoms with Crippen LogP contribution in [0.2, 0.25) is 18.1 Å². The number of nitrogens with one attached hydrogen (secondary N) is 1. The maximum absolute atomic E-state index is 5.56. The molecule has 2 aliphatic heterocycles. The van der Waals surface area contributed by atoms with Gasteiger partial charge in [-0.1, -0.05) is 56.5 Å². The molecule has 16 heteroatoms. The average molecular weight is 948 g/mol. The Balaban J connectivity index is 0.000000176. The van der Waals surface area contributed by atoms with Crippen molar-refractivity contribution < 1.29 is 18.9 Å². The fourth-order valence-corrected chi connectivity index (χ4v) is 13.3. The first kappa shape index (κ1) is 47.1. The van der Waals surface area contributed by atoms with E-state index in [0.29, 0.717) is 28.3 Å². The van der Waals surface area contributed by atoms with Crippen LogP contribution in [0.5, 0.6) is 10.4 Å². The molecule has 6 aromatic rings. The number of nitrogens with zero attached hydrogens (tertiary/aromatic N) is 7. The van der Waals surface area contributed by atoms with Gasteiger partial charge in [-0.2, -0.15) is 0 Å². The first-order valence-corrected chi connectivity index (χ1v) is 27.8. The van der Waals surface area contributed by atoms with Crippen LogP contribution in [0, 0.1) is 0 Å². The third kappa shape index (κ3) is 9.83. The van der Waals surface area contributed by atoms with Crippen molar-refractivity contribution in [1.82, 2.24) is 39.0 Å². The van der Waals surface area contributed by atoms with Crippen LogP contribution in [0.3, 0.4) is 0 Å². The van der Waals surface area contributed by atoms with Crippen LogP contribution in [-0.2, 0) is 9.47 Å². The number of aromatic nitrogens is 6. The molecule has 12 nitrogen and oxygen atoms in total. The number of methoxy groups -OCH3 is 2. The van der Waals surface area contributed by atoms with Gasteiger partial charge in [0.1, 0.15) is 11.3 Å². The van der Waals surface area contributed by atoms with Gasteiger partial charge in [0.2, 0.25) is 0 Å². The first-order valence-electron chi connectivity index (χ1n) is 23.1. The van der Waals surface area contributed by atoms with E-state index in [1.807, 2.05) is 11.6 Å². The maximum Gasteiger partial charge on any atom is 0.273 e. The van der Waals surface area contributed by atoms with E-state index < -0.39 is 8.24 Å². The number of H-pyrrole nitrogens is 1. The largest absolute Gasteiger partial charge is 0.473 e. The normalized spacial score (nSPS) is 22.8. The van der Waals surface area contributed by atoms with Crippen LogP contribution in [0.1, 0.15) is 95.1 Å². The molecule has 4 aliphatic rings. The van der Waals surface area contributed by atoms with Gasteiger partial charge in [0.05, 0.1) is 52.0 Å². The minimum atomic E-state index is -1.86. The summed E-state index contributed by atoms with van der Waals surface area (Å²) in [5, 5.41) is 8.14. The summed E-state index contributed by atoms with van der Waals surface area (Å²) in [6.45, 7) is 19.9. The van der Waals surface area contributed by atoms with Crippen LogP contribution in [0.25, 0.3) is 44.6 Å². The Kier molecular flexibility index (Phi) is 14.9. The number of ether oxygens (including phenoxy) is 4. The van der Waals surface area contributed by atoms with E-state index in [1.54, 1.807) is 25.6 Å². The van der Waals surface area contributed by atoms with Crippen molar-refractivity contribution in [1.29, 1.82) is 0 Å². The number of thiazole rings is 2. The Hall–Kier alpha value is -3.41. The minimum absolute atomic E-state index is 0. The third-order valence-electron chi connectivity index (χ3n) is 15.0. The van der Waals surface area contributed by atoms with Gasteiger partial charge < -0.3 is 28.2 Å². The van der Waals surface area contributed by atoms with E-state index in [2.05, 4.69) is 94.0 Å². The van der Waals surface area contributed by atoms with Crippen molar-refractivity contribution in [3.05, 3.63) is 58.8 Å². The Bertz CT molecular complexity index is 2450. The number of pyridine rings is 2. The monoisotopic (exact) mass is 946 g/mol. The molecule has 0 atom stereocenters. The number of hydrogen-bond acceptors (Lipinski definition) is 12. The van der Waals surface area contributed by atoms with Gasteiger partial charge in [0, 0.05) is 95.7 Å². The smallest absolute Gasteiger partial charge is 0.273 e. The van der Waals surface area contributed by atoms with Gasteiger partial charge >= 0.3 is 0 Å². The lowest BCUT2D eigenvalue weighted by Gasteiger charge is -2.39. The SMILES string of the molecule is COc1nc(-c2c[nH]c3ncc(C4CCC(N5CCOCC5)CC4)cc23)cs1.COc1nc(-c2cn([Si](C)(C)C(C)(C)C)c3ncc(C4CCC(N5CCOCC5)CC4)cc23)cs1.Cl. The molecular weight excluding hydrogens is 880 g/mol. The molecule has 2 aliphatic carbocycles. The highest BCUT2D eigenvalue weighted by molar-refractivity contribution is 7.12. The van der Waals surface area contributed by atoms with E-state index >= 15 is 0 Å². The lowest BCUT2D eigenvalue weighted by Crippen LogP contribution is -2.45. The van der Waals surface area contributed by atoms with Gasteiger partial charge in [0.15, 0.2) is 8.24 Å². The molecule has 6 aromatic heterocycles. The number of hydrogen-bond donors (Lipinski definition) is 1. The van der Waals surface area contributed by atoms with E-state index in [-0.39, 0.29) is 17.4 Å². The summed E-state index contributed by atoms with van der Waals surface area (Å²) in [5.41, 5.74) is 8.99. The highest BCUT2D eigenvalue weighted by Crippen LogP contribution is 2.44. The molecule has 346 valence electrons. The molecular formula is C48H67ClN8O4S2Si. The Morgan fingerprint density at radius 3 is 1.66 bits per heavy atom. The highest BCUT2D eigenvalue weighted by Gasteiger charge is 2.40. The quantitative estimate of drug-likeness (QED) is 0.140. The predicted molar refractivity (Wildman–Crippen MR) is 266 cm³/mol. The zero-order valence-corrected chi connectivity index (χ0v) is 42.2. The zero-order valence-electron chi connectivity index (χ0n) is 38.7. The molecule has 8 heterocycles. The summed E-state index contributed by atoms with van der Waals surface area (Å²) in [5.74, 6) is 1.18. The molecule has 0 radical (unpaired) electrons. The summed E-state index contributed by atoms with van der Waals surface area (Å²) >= 11 is 3.08. The maximum atomic E-state index is 5.56. The molecule has 0 spiro atoms. The molecule has 2 saturated carbocycles. The standard InChI is InChI=1S/C27H40N4O2SSi.C21H26N4O2S.ClH/c1-27(2,3)35(5,6)31-17-23(24-18-34-26(29-24)32-4)22-15-20(16-28-25(22)31)19-7-9-21(10-8-19)30-11-13-33-14-12-30;1-26-21-24-19(13-28-21)18-12-23-20-17(18)10-15(11-22-20)14-2-4-16(5-3-14)25-6-8-27-9-7-25;/h15-19,21H,7-14H2,1-6H3;10-14,16H,2-9H2,1H3,(H,22,23);1H. The van der Waals surface area contributed by atoms with E-state index in [1.165, 1.54) is 84.8 Å². The van der Waals surface area contributed by atoms with Gasteiger partial charge in [-0.25, -0.2) is 19.9 Å².